The largest absolute Gasteiger partial charge is 0.331 e. The first-order valence-electron chi connectivity index (χ1n) is 4.36. The first-order valence-corrected chi connectivity index (χ1v) is 4.77. The summed E-state index contributed by atoms with van der Waals surface area (Å²) in [6.45, 7) is 1.31. The Labute approximate surface area is 90.2 Å². The fourth-order valence-electron chi connectivity index (χ4n) is 1.45. The first-order chi connectivity index (χ1) is 7.11. The average molecular weight is 220 g/mol. The van der Waals surface area contributed by atoms with Crippen LogP contribution in [-0.4, -0.2) is 15.5 Å². The van der Waals surface area contributed by atoms with Gasteiger partial charge in [-0.2, -0.15) is 0 Å². The molecular weight excluding hydrogens is 212 g/mol. The van der Waals surface area contributed by atoms with Gasteiger partial charge in [0.1, 0.15) is 0 Å². The van der Waals surface area contributed by atoms with Crippen LogP contribution in [-0.2, 0) is 0 Å². The number of nitrogens with zero attached hydrogens (tertiary/aromatic N) is 1. The normalized spacial score (nSPS) is 10.5. The zero-order chi connectivity index (χ0) is 11.0. The van der Waals surface area contributed by atoms with E-state index in [2.05, 4.69) is 4.98 Å². The quantitative estimate of drug-likeness (QED) is 0.688. The van der Waals surface area contributed by atoms with Gasteiger partial charge in [-0.25, -0.2) is 4.57 Å². The van der Waals surface area contributed by atoms with Gasteiger partial charge in [-0.1, -0.05) is 12.1 Å². The fraction of sp³-hybridized carbons (Fsp3) is 0.100. The molecule has 0 atom stereocenters. The van der Waals surface area contributed by atoms with E-state index in [0.717, 1.165) is 4.57 Å². The number of hydrogen-bond donors (Lipinski definition) is 1. The van der Waals surface area contributed by atoms with Crippen molar-refractivity contribution in [1.82, 2.24) is 9.55 Å². The molecule has 0 fully saturated rings. The molecule has 2 rings (SSSR count). The van der Waals surface area contributed by atoms with Gasteiger partial charge >= 0.3 is 0 Å². The zero-order valence-corrected chi connectivity index (χ0v) is 8.80. The molecule has 0 aliphatic carbocycles. The lowest BCUT2D eigenvalue weighted by molar-refractivity contribution is 0.0930. The number of rotatable bonds is 0. The predicted octanol–water partition coefficient (Wildman–Crippen LogP) is 1.72. The summed E-state index contributed by atoms with van der Waals surface area (Å²) in [6, 6.07) is 6.94. The van der Waals surface area contributed by atoms with Crippen LogP contribution in [0.3, 0.4) is 0 Å². The molecule has 0 amide bonds. The number of carbonyl (C=O) groups is 1. The van der Waals surface area contributed by atoms with Gasteiger partial charge in [0, 0.05) is 6.92 Å². The molecule has 15 heavy (non-hydrogen) atoms. The summed E-state index contributed by atoms with van der Waals surface area (Å²) in [5.41, 5.74) is 0.270. The van der Waals surface area contributed by atoms with Crippen molar-refractivity contribution in [3.05, 3.63) is 39.4 Å². The van der Waals surface area contributed by atoms with E-state index >= 15 is 0 Å². The van der Waals surface area contributed by atoms with Crippen LogP contribution in [0.15, 0.2) is 29.1 Å². The van der Waals surface area contributed by atoms with Crippen molar-refractivity contribution < 1.29 is 4.79 Å². The van der Waals surface area contributed by atoms with Gasteiger partial charge in [-0.3, -0.25) is 9.59 Å². The molecule has 1 aromatic heterocycles. The smallest absolute Gasteiger partial charge is 0.268 e. The summed E-state index contributed by atoms with van der Waals surface area (Å²) < 4.78 is 1.09. The number of nitrogens with one attached hydrogen (secondary N) is 1. The number of fused-ring (bicyclic) bond motifs is 1. The number of carbonyl (C=O) groups excluding carboxylic acids is 1. The van der Waals surface area contributed by atoms with Crippen molar-refractivity contribution in [2.24, 2.45) is 0 Å². The van der Waals surface area contributed by atoms with Crippen LogP contribution in [0.5, 0.6) is 0 Å². The number of para-hydroxylation sites is 1. The summed E-state index contributed by atoms with van der Waals surface area (Å²) in [7, 11) is 0. The van der Waals surface area contributed by atoms with Gasteiger partial charge in [0.05, 0.1) is 10.9 Å². The van der Waals surface area contributed by atoms with E-state index in [-0.39, 0.29) is 16.2 Å². The van der Waals surface area contributed by atoms with Crippen LogP contribution in [0.2, 0.25) is 0 Å². The first kappa shape index (κ1) is 9.79. The average Bonchev–Trinajstić information content (AvgIpc) is 2.17. The van der Waals surface area contributed by atoms with Crippen molar-refractivity contribution in [1.29, 1.82) is 0 Å². The third kappa shape index (κ3) is 1.50. The third-order valence-electron chi connectivity index (χ3n) is 2.12. The van der Waals surface area contributed by atoms with E-state index in [1.807, 2.05) is 0 Å². The Balaban J connectivity index is 3.04. The standard InChI is InChI=1S/C10H8N2O2S/c1-6(13)12-9(14)7-4-2-3-5-8(7)11-10(12)15/h2-5H,1H3,(H,11,15). The van der Waals surface area contributed by atoms with Crippen LogP contribution in [0, 0.1) is 4.77 Å². The molecule has 0 bridgehead atoms. The van der Waals surface area contributed by atoms with Gasteiger partial charge in [0.15, 0.2) is 4.77 Å². The highest BCUT2D eigenvalue weighted by molar-refractivity contribution is 7.71. The summed E-state index contributed by atoms with van der Waals surface area (Å²) >= 11 is 4.93. The van der Waals surface area contributed by atoms with Crippen LogP contribution < -0.4 is 5.56 Å². The predicted molar refractivity (Wildman–Crippen MR) is 59.7 cm³/mol. The monoisotopic (exact) mass is 220 g/mol. The van der Waals surface area contributed by atoms with Crippen LogP contribution in [0.4, 0.5) is 0 Å². The maximum absolute atomic E-state index is 11.8. The van der Waals surface area contributed by atoms with Gasteiger partial charge in [-0.05, 0) is 24.4 Å². The van der Waals surface area contributed by atoms with Crippen LogP contribution in [0.1, 0.15) is 11.7 Å². The lowest BCUT2D eigenvalue weighted by Crippen LogP contribution is -2.26. The van der Waals surface area contributed by atoms with Gasteiger partial charge < -0.3 is 4.98 Å². The Morgan fingerprint density at radius 3 is 2.73 bits per heavy atom. The highest BCUT2D eigenvalue weighted by Crippen LogP contribution is 2.05. The van der Waals surface area contributed by atoms with Gasteiger partial charge in [0.2, 0.25) is 5.91 Å². The van der Waals surface area contributed by atoms with Crippen molar-refractivity contribution in [3.8, 4) is 0 Å². The second-order valence-corrected chi connectivity index (χ2v) is 3.52. The molecule has 76 valence electrons. The Morgan fingerprint density at radius 2 is 2.07 bits per heavy atom. The molecule has 0 aliphatic heterocycles. The van der Waals surface area contributed by atoms with E-state index in [4.69, 9.17) is 12.2 Å². The summed E-state index contributed by atoms with van der Waals surface area (Å²) in [5.74, 6) is -0.382. The molecule has 4 nitrogen and oxygen atoms in total. The third-order valence-corrected chi connectivity index (χ3v) is 2.40. The minimum Gasteiger partial charge on any atom is -0.331 e. The van der Waals surface area contributed by atoms with Crippen molar-refractivity contribution in [2.75, 3.05) is 0 Å². The van der Waals surface area contributed by atoms with Crippen LogP contribution >= 0.6 is 12.2 Å². The molecule has 0 aliphatic rings. The topological polar surface area (TPSA) is 54.9 Å². The number of aromatic nitrogens is 2. The van der Waals surface area contributed by atoms with E-state index in [0.29, 0.717) is 10.9 Å². The van der Waals surface area contributed by atoms with E-state index in [1.54, 1.807) is 24.3 Å². The highest BCUT2D eigenvalue weighted by Gasteiger charge is 2.07. The Bertz CT molecular complexity index is 654. The van der Waals surface area contributed by atoms with E-state index in [9.17, 15) is 9.59 Å². The summed E-state index contributed by atoms with van der Waals surface area (Å²) in [6.07, 6.45) is 0. The molecule has 0 spiro atoms. The maximum atomic E-state index is 11.8. The lowest BCUT2D eigenvalue weighted by Gasteiger charge is -2.03. The Morgan fingerprint density at radius 1 is 1.40 bits per heavy atom. The number of H-pyrrole nitrogens is 1. The maximum Gasteiger partial charge on any atom is 0.268 e. The minimum atomic E-state index is -0.382. The number of hydrogen-bond acceptors (Lipinski definition) is 3. The second-order valence-electron chi connectivity index (χ2n) is 3.14. The number of benzene rings is 1. The van der Waals surface area contributed by atoms with Crippen molar-refractivity contribution >= 4 is 29.0 Å². The zero-order valence-electron chi connectivity index (χ0n) is 7.98. The number of aromatic amines is 1. The Hall–Kier alpha value is -1.75. The second kappa shape index (κ2) is 3.43. The minimum absolute atomic E-state index is 0.131. The van der Waals surface area contributed by atoms with Gasteiger partial charge in [0.25, 0.3) is 5.56 Å². The highest BCUT2D eigenvalue weighted by atomic mass is 32.1. The molecule has 2 aromatic rings. The molecule has 1 N–H and O–H groups in total. The summed E-state index contributed by atoms with van der Waals surface area (Å²) in [4.78, 5) is 25.9. The van der Waals surface area contributed by atoms with Gasteiger partial charge in [-0.15, -0.1) is 0 Å². The lowest BCUT2D eigenvalue weighted by atomic mass is 10.2. The van der Waals surface area contributed by atoms with E-state index in [1.165, 1.54) is 6.92 Å². The molecule has 5 heteroatoms. The van der Waals surface area contributed by atoms with Crippen molar-refractivity contribution in [2.45, 2.75) is 6.92 Å². The SMILES string of the molecule is CC(=O)n1c(=S)[nH]c2ccccc2c1=O. The van der Waals surface area contributed by atoms with Crippen LogP contribution in [0.25, 0.3) is 10.9 Å². The van der Waals surface area contributed by atoms with Crippen molar-refractivity contribution in [3.63, 3.8) is 0 Å². The molecule has 0 unspecified atom stereocenters. The molecular formula is C10H8N2O2S. The molecule has 0 saturated heterocycles. The summed E-state index contributed by atoms with van der Waals surface area (Å²) in [5, 5.41) is 0.460. The fourth-order valence-corrected chi connectivity index (χ4v) is 1.77. The molecule has 0 saturated carbocycles. The van der Waals surface area contributed by atoms with E-state index < -0.39 is 0 Å². The Kier molecular flexibility index (Phi) is 2.24. The molecule has 1 heterocycles. The molecule has 0 radical (unpaired) electrons. The molecule has 1 aromatic carbocycles.